The maximum absolute atomic E-state index is 14.6. The molecule has 0 atom stereocenters. The van der Waals surface area contributed by atoms with Gasteiger partial charge in [0, 0.05) is 50.4 Å². The highest BCUT2D eigenvalue weighted by Gasteiger charge is 2.21. The van der Waals surface area contributed by atoms with Crippen LogP contribution in [0.1, 0.15) is 5.56 Å². The van der Waals surface area contributed by atoms with E-state index in [4.69, 9.17) is 0 Å². The van der Waals surface area contributed by atoms with Crippen LogP contribution < -0.4 is 4.90 Å². The summed E-state index contributed by atoms with van der Waals surface area (Å²) >= 11 is 0. The van der Waals surface area contributed by atoms with Crippen molar-refractivity contribution >= 4 is 16.6 Å². The molecule has 1 aliphatic heterocycles. The molecule has 2 heterocycles. The highest BCUT2D eigenvalue weighted by Crippen LogP contribution is 2.33. The van der Waals surface area contributed by atoms with Crippen LogP contribution in [0.25, 0.3) is 10.9 Å². The van der Waals surface area contributed by atoms with Crippen LogP contribution in [0.2, 0.25) is 0 Å². The van der Waals surface area contributed by atoms with E-state index in [0.29, 0.717) is 17.4 Å². The Morgan fingerprint density at radius 2 is 1.68 bits per heavy atom. The van der Waals surface area contributed by atoms with Gasteiger partial charge in [0.1, 0.15) is 11.6 Å². The summed E-state index contributed by atoms with van der Waals surface area (Å²) < 4.78 is 30.3. The molecular weight excluding hydrogens is 320 g/mol. The van der Waals surface area contributed by atoms with Gasteiger partial charge in [-0.25, -0.2) is 8.78 Å². The average molecular weight is 341 g/mol. The van der Waals surface area contributed by atoms with Gasteiger partial charge < -0.3 is 14.4 Å². The van der Waals surface area contributed by atoms with Gasteiger partial charge in [0.15, 0.2) is 0 Å². The molecule has 0 spiro atoms. The molecule has 0 bridgehead atoms. The highest BCUT2D eigenvalue weighted by atomic mass is 19.1. The molecule has 4 rings (SSSR count). The fourth-order valence-corrected chi connectivity index (χ4v) is 3.54. The molecule has 3 nitrogen and oxygen atoms in total. The minimum Gasteiger partial charge on any atom is -0.367 e. The second kappa shape index (κ2) is 6.48. The molecule has 1 saturated heterocycles. The van der Waals surface area contributed by atoms with E-state index in [1.807, 2.05) is 41.1 Å². The molecule has 0 aliphatic carbocycles. The van der Waals surface area contributed by atoms with Crippen molar-refractivity contribution in [2.24, 2.45) is 0 Å². The molecule has 2 aromatic carbocycles. The smallest absolute Gasteiger partial charge is 0.150 e. The van der Waals surface area contributed by atoms with Gasteiger partial charge in [-0.15, -0.1) is 0 Å². The minimum atomic E-state index is -0.530. The summed E-state index contributed by atoms with van der Waals surface area (Å²) in [4.78, 5) is 4.49. The van der Waals surface area contributed by atoms with Gasteiger partial charge in [0.25, 0.3) is 0 Å². The Kier molecular flexibility index (Phi) is 4.17. The first kappa shape index (κ1) is 16.1. The van der Waals surface area contributed by atoms with E-state index in [1.54, 1.807) is 0 Å². The predicted molar refractivity (Wildman–Crippen MR) is 97.1 cm³/mol. The van der Waals surface area contributed by atoms with E-state index in [9.17, 15) is 8.78 Å². The van der Waals surface area contributed by atoms with Crippen LogP contribution in [-0.4, -0.2) is 42.7 Å². The summed E-state index contributed by atoms with van der Waals surface area (Å²) in [5, 5.41) is 0.651. The number of benzene rings is 2. The van der Waals surface area contributed by atoms with E-state index in [0.717, 1.165) is 43.5 Å². The fourth-order valence-electron chi connectivity index (χ4n) is 3.54. The van der Waals surface area contributed by atoms with Crippen molar-refractivity contribution in [2.45, 2.75) is 6.54 Å². The monoisotopic (exact) mass is 341 g/mol. The molecule has 1 fully saturated rings. The third-order valence-electron chi connectivity index (χ3n) is 4.91. The SMILES string of the molecule is CN1CCN(c2cn(Cc3ccccc3)c3c(F)cc(F)cc23)CC1. The Morgan fingerprint density at radius 1 is 0.960 bits per heavy atom. The minimum absolute atomic E-state index is 0.471. The fraction of sp³-hybridized carbons (Fsp3) is 0.300. The Hall–Kier alpha value is -2.40. The molecule has 3 aromatic rings. The van der Waals surface area contributed by atoms with Gasteiger partial charge in [-0.2, -0.15) is 0 Å². The molecule has 0 unspecified atom stereocenters. The van der Waals surface area contributed by atoms with Crippen LogP contribution in [0.4, 0.5) is 14.5 Å². The normalized spacial score (nSPS) is 15.9. The predicted octanol–water partition coefficient (Wildman–Crippen LogP) is 3.72. The average Bonchev–Trinajstić information content (AvgIpc) is 2.95. The lowest BCUT2D eigenvalue weighted by Crippen LogP contribution is -2.44. The number of halogens is 2. The van der Waals surface area contributed by atoms with E-state index in [1.165, 1.54) is 6.07 Å². The van der Waals surface area contributed by atoms with Crippen LogP contribution in [0.3, 0.4) is 0 Å². The van der Waals surface area contributed by atoms with Crippen LogP contribution in [0.5, 0.6) is 0 Å². The molecule has 0 saturated carbocycles. The first-order chi connectivity index (χ1) is 12.1. The topological polar surface area (TPSA) is 11.4 Å². The van der Waals surface area contributed by atoms with Gasteiger partial charge in [0.2, 0.25) is 0 Å². The van der Waals surface area contributed by atoms with Crippen molar-refractivity contribution in [1.29, 1.82) is 0 Å². The summed E-state index contributed by atoms with van der Waals surface area (Å²) in [6, 6.07) is 12.4. The lowest BCUT2D eigenvalue weighted by molar-refractivity contribution is 0.313. The standard InChI is InChI=1S/C20H21F2N3/c1-23-7-9-24(10-8-23)19-14-25(13-15-5-3-2-4-6-15)20-17(19)11-16(21)12-18(20)22/h2-6,11-12,14H,7-10,13H2,1H3. The number of hydrogen-bond acceptors (Lipinski definition) is 2. The molecule has 5 heteroatoms. The number of nitrogens with zero attached hydrogens (tertiary/aromatic N) is 3. The van der Waals surface area contributed by atoms with Crippen LogP contribution in [-0.2, 0) is 6.54 Å². The van der Waals surface area contributed by atoms with Crippen molar-refractivity contribution in [2.75, 3.05) is 38.1 Å². The number of likely N-dealkylation sites (N-methyl/N-ethyl adjacent to an activating group) is 1. The number of piperazine rings is 1. The van der Waals surface area contributed by atoms with E-state index in [2.05, 4.69) is 16.8 Å². The van der Waals surface area contributed by atoms with Gasteiger partial charge in [-0.3, -0.25) is 0 Å². The molecule has 25 heavy (non-hydrogen) atoms. The van der Waals surface area contributed by atoms with Crippen molar-refractivity contribution < 1.29 is 8.78 Å². The quantitative estimate of drug-likeness (QED) is 0.719. The Morgan fingerprint density at radius 3 is 2.40 bits per heavy atom. The van der Waals surface area contributed by atoms with Crippen molar-refractivity contribution in [1.82, 2.24) is 9.47 Å². The van der Waals surface area contributed by atoms with Crippen molar-refractivity contribution in [3.05, 3.63) is 65.9 Å². The van der Waals surface area contributed by atoms with E-state index < -0.39 is 11.6 Å². The second-order valence-corrected chi connectivity index (χ2v) is 6.70. The zero-order valence-corrected chi connectivity index (χ0v) is 14.3. The molecule has 1 aliphatic rings. The van der Waals surface area contributed by atoms with Crippen molar-refractivity contribution in [3.8, 4) is 0 Å². The first-order valence-corrected chi connectivity index (χ1v) is 8.57. The largest absolute Gasteiger partial charge is 0.367 e. The lowest BCUT2D eigenvalue weighted by Gasteiger charge is -2.33. The van der Waals surface area contributed by atoms with E-state index in [-0.39, 0.29) is 0 Å². The summed E-state index contributed by atoms with van der Waals surface area (Å²) in [5.41, 5.74) is 2.48. The Labute approximate surface area is 146 Å². The molecular formula is C20H21F2N3. The van der Waals surface area contributed by atoms with Crippen LogP contribution in [0.15, 0.2) is 48.7 Å². The number of fused-ring (bicyclic) bond motifs is 1. The summed E-state index contributed by atoms with van der Waals surface area (Å²) in [6.07, 6.45) is 1.96. The van der Waals surface area contributed by atoms with Gasteiger partial charge in [-0.05, 0) is 18.7 Å². The molecule has 0 radical (unpaired) electrons. The summed E-state index contributed by atoms with van der Waals surface area (Å²) in [5.74, 6) is -1.04. The maximum atomic E-state index is 14.6. The molecule has 130 valence electrons. The second-order valence-electron chi connectivity index (χ2n) is 6.70. The van der Waals surface area contributed by atoms with E-state index >= 15 is 0 Å². The van der Waals surface area contributed by atoms with Gasteiger partial charge >= 0.3 is 0 Å². The zero-order chi connectivity index (χ0) is 17.4. The lowest BCUT2D eigenvalue weighted by atomic mass is 10.2. The Bertz CT molecular complexity index is 881. The van der Waals surface area contributed by atoms with Crippen LogP contribution in [0, 0.1) is 11.6 Å². The maximum Gasteiger partial charge on any atom is 0.150 e. The van der Waals surface area contributed by atoms with Crippen molar-refractivity contribution in [3.63, 3.8) is 0 Å². The summed E-state index contributed by atoms with van der Waals surface area (Å²) in [7, 11) is 2.09. The van der Waals surface area contributed by atoms with Crippen LogP contribution >= 0.6 is 0 Å². The number of rotatable bonds is 3. The number of aromatic nitrogens is 1. The third kappa shape index (κ3) is 3.12. The number of anilines is 1. The first-order valence-electron chi connectivity index (χ1n) is 8.57. The third-order valence-corrected chi connectivity index (χ3v) is 4.91. The molecule has 1 aromatic heterocycles. The zero-order valence-electron chi connectivity index (χ0n) is 14.3. The Balaban J connectivity index is 1.80. The number of hydrogen-bond donors (Lipinski definition) is 0. The molecule has 0 amide bonds. The highest BCUT2D eigenvalue weighted by molar-refractivity contribution is 5.94. The van der Waals surface area contributed by atoms with Gasteiger partial charge in [-0.1, -0.05) is 30.3 Å². The van der Waals surface area contributed by atoms with Gasteiger partial charge in [0.05, 0.1) is 11.2 Å². The summed E-state index contributed by atoms with van der Waals surface area (Å²) in [6.45, 7) is 4.18. The molecule has 0 N–H and O–H groups in total.